The minimum Gasteiger partial charge on any atom is -0.298 e. The summed E-state index contributed by atoms with van der Waals surface area (Å²) < 4.78 is 66.1. The summed E-state index contributed by atoms with van der Waals surface area (Å²) in [6.45, 7) is 2.11. The van der Waals surface area contributed by atoms with Gasteiger partial charge >= 0.3 is 6.18 Å². The maximum absolute atomic E-state index is 13.0. The predicted molar refractivity (Wildman–Crippen MR) is 127 cm³/mol. The van der Waals surface area contributed by atoms with Gasteiger partial charge in [0.25, 0.3) is 10.0 Å². The predicted octanol–water partition coefficient (Wildman–Crippen LogP) is 6.21. The van der Waals surface area contributed by atoms with Gasteiger partial charge in [0.2, 0.25) is 0 Å². The van der Waals surface area contributed by atoms with Crippen molar-refractivity contribution in [2.24, 2.45) is 0 Å². The van der Waals surface area contributed by atoms with Gasteiger partial charge < -0.3 is 0 Å². The zero-order valence-corrected chi connectivity index (χ0v) is 21.1. The second-order valence-electron chi connectivity index (χ2n) is 7.89. The van der Waals surface area contributed by atoms with Crippen molar-refractivity contribution < 1.29 is 26.4 Å². The molecular formula is C22H20ClF3N2O3S3. The van der Waals surface area contributed by atoms with Gasteiger partial charge in [0, 0.05) is 29.8 Å². The maximum atomic E-state index is 13.0. The number of carbonyl (C=O) groups is 1. The Morgan fingerprint density at radius 1 is 1.18 bits per heavy atom. The van der Waals surface area contributed by atoms with Gasteiger partial charge in [0.1, 0.15) is 4.21 Å². The lowest BCUT2D eigenvalue weighted by molar-refractivity contribution is -0.137. The Balaban J connectivity index is 1.44. The molecule has 182 valence electrons. The Kier molecular flexibility index (Phi) is 7.21. The van der Waals surface area contributed by atoms with Gasteiger partial charge in [-0.2, -0.15) is 17.5 Å². The minimum absolute atomic E-state index is 0.119. The molecule has 0 bridgehead atoms. The Morgan fingerprint density at radius 2 is 1.88 bits per heavy atom. The Bertz CT molecular complexity index is 1300. The van der Waals surface area contributed by atoms with E-state index in [0.29, 0.717) is 39.9 Å². The summed E-state index contributed by atoms with van der Waals surface area (Å²) in [7, 11) is -3.79. The van der Waals surface area contributed by atoms with Crippen molar-refractivity contribution in [3.63, 3.8) is 0 Å². The third-order valence-electron chi connectivity index (χ3n) is 5.60. The summed E-state index contributed by atoms with van der Waals surface area (Å²) in [5, 5.41) is 0.679. The van der Waals surface area contributed by atoms with Crippen LogP contribution in [0.4, 0.5) is 13.2 Å². The lowest BCUT2D eigenvalue weighted by atomic mass is 10.1. The number of benzene rings is 1. The molecule has 0 N–H and O–H groups in total. The van der Waals surface area contributed by atoms with Crippen LogP contribution in [0.15, 0.2) is 40.6 Å². The molecular weight excluding hydrogens is 529 g/mol. The van der Waals surface area contributed by atoms with Crippen LogP contribution in [0.2, 0.25) is 4.34 Å². The highest BCUT2D eigenvalue weighted by Gasteiger charge is 2.39. The van der Waals surface area contributed by atoms with E-state index in [1.807, 2.05) is 6.92 Å². The van der Waals surface area contributed by atoms with Crippen LogP contribution in [0.1, 0.15) is 34.7 Å². The molecule has 1 atom stereocenters. The molecule has 0 aliphatic carbocycles. The van der Waals surface area contributed by atoms with Crippen LogP contribution >= 0.6 is 34.3 Å². The monoisotopic (exact) mass is 548 g/mol. The smallest absolute Gasteiger partial charge is 0.298 e. The lowest BCUT2D eigenvalue weighted by Crippen LogP contribution is -2.40. The number of thiazole rings is 1. The summed E-state index contributed by atoms with van der Waals surface area (Å²) in [5.74, 6) is -0.173. The van der Waals surface area contributed by atoms with E-state index >= 15 is 0 Å². The van der Waals surface area contributed by atoms with E-state index in [4.69, 9.17) is 11.6 Å². The Morgan fingerprint density at radius 3 is 2.50 bits per heavy atom. The molecule has 3 aromatic rings. The van der Waals surface area contributed by atoms with Crippen molar-refractivity contribution in [1.82, 2.24) is 9.29 Å². The van der Waals surface area contributed by atoms with Crippen LogP contribution in [0, 0.1) is 6.92 Å². The van der Waals surface area contributed by atoms with E-state index < -0.39 is 27.8 Å². The van der Waals surface area contributed by atoms with E-state index in [0.717, 1.165) is 28.3 Å². The molecule has 1 aliphatic rings. The summed E-state index contributed by atoms with van der Waals surface area (Å²) in [4.78, 5) is 18.3. The van der Waals surface area contributed by atoms with Crippen molar-refractivity contribution >= 4 is 50.1 Å². The Labute approximate surface area is 208 Å². The van der Waals surface area contributed by atoms with Crippen LogP contribution in [0.5, 0.6) is 0 Å². The molecule has 2 aromatic heterocycles. The fourth-order valence-corrected chi connectivity index (χ4v) is 8.19. The number of hydrogen-bond donors (Lipinski definition) is 0. The van der Waals surface area contributed by atoms with Gasteiger partial charge in [-0.25, -0.2) is 13.4 Å². The molecule has 1 fully saturated rings. The first-order chi connectivity index (χ1) is 16.0. The summed E-state index contributed by atoms with van der Waals surface area (Å²) >= 11 is 8.23. The van der Waals surface area contributed by atoms with Crippen molar-refractivity contribution in [3.05, 3.63) is 56.2 Å². The fraction of sp³-hybridized carbons (Fsp3) is 0.364. The number of alkyl halides is 3. The largest absolute Gasteiger partial charge is 0.416 e. The molecule has 12 heteroatoms. The highest BCUT2D eigenvalue weighted by atomic mass is 35.5. The second kappa shape index (κ2) is 9.69. The first-order valence-corrected chi connectivity index (χ1v) is 13.9. The van der Waals surface area contributed by atoms with Gasteiger partial charge in [-0.15, -0.1) is 22.7 Å². The van der Waals surface area contributed by atoms with Crippen molar-refractivity contribution in [3.8, 4) is 11.3 Å². The van der Waals surface area contributed by atoms with Crippen LogP contribution in [0.3, 0.4) is 0 Å². The lowest BCUT2D eigenvalue weighted by Gasteiger charge is -2.22. The number of thiophene rings is 1. The summed E-state index contributed by atoms with van der Waals surface area (Å²) in [6, 6.07) is 7.06. The van der Waals surface area contributed by atoms with Crippen LogP contribution in [-0.2, 0) is 27.4 Å². The van der Waals surface area contributed by atoms with Crippen molar-refractivity contribution in [2.45, 2.75) is 49.0 Å². The average Bonchev–Trinajstić information content (AvgIpc) is 3.51. The first-order valence-electron chi connectivity index (χ1n) is 10.4. The number of carbonyl (C=O) groups excluding carboxylic acids is 1. The van der Waals surface area contributed by atoms with Crippen LogP contribution in [0.25, 0.3) is 11.3 Å². The molecule has 0 radical (unpaired) electrons. The number of sulfonamides is 1. The highest BCUT2D eigenvalue weighted by molar-refractivity contribution is 7.91. The third-order valence-corrected chi connectivity index (χ3v) is 10.2. The zero-order valence-electron chi connectivity index (χ0n) is 17.9. The molecule has 0 unspecified atom stereocenters. The van der Waals surface area contributed by atoms with Crippen LogP contribution < -0.4 is 0 Å². The topological polar surface area (TPSA) is 67.3 Å². The van der Waals surface area contributed by atoms with Gasteiger partial charge in [0.05, 0.1) is 26.6 Å². The maximum Gasteiger partial charge on any atom is 0.416 e. The molecule has 34 heavy (non-hydrogen) atoms. The highest BCUT2D eigenvalue weighted by Crippen LogP contribution is 2.35. The van der Waals surface area contributed by atoms with Crippen molar-refractivity contribution in [1.29, 1.82) is 0 Å². The van der Waals surface area contributed by atoms with Gasteiger partial charge in [-0.1, -0.05) is 23.7 Å². The molecule has 3 heterocycles. The number of nitrogens with zero attached hydrogens (tertiary/aromatic N) is 2. The molecule has 1 aromatic carbocycles. The number of Topliss-reactive ketones (excluding diaryl/α,β-unsaturated/α-hetero) is 1. The number of hydrogen-bond acceptors (Lipinski definition) is 6. The number of rotatable bonds is 7. The zero-order chi connectivity index (χ0) is 24.7. The van der Waals surface area contributed by atoms with E-state index in [1.165, 1.54) is 39.9 Å². The second-order valence-corrected chi connectivity index (χ2v) is 13.0. The average molecular weight is 549 g/mol. The molecule has 1 saturated heterocycles. The summed E-state index contributed by atoms with van der Waals surface area (Å²) in [5.41, 5.74) is 0.429. The van der Waals surface area contributed by atoms with E-state index in [-0.39, 0.29) is 23.0 Å². The minimum atomic E-state index is -4.40. The molecule has 4 rings (SSSR count). The number of halogens is 4. The number of aryl methyl sites for hydroxylation is 2. The molecule has 0 amide bonds. The van der Waals surface area contributed by atoms with E-state index in [2.05, 4.69) is 4.98 Å². The van der Waals surface area contributed by atoms with Crippen molar-refractivity contribution in [2.75, 3.05) is 6.54 Å². The fourth-order valence-electron chi connectivity index (χ4n) is 3.94. The van der Waals surface area contributed by atoms with Gasteiger partial charge in [-0.05, 0) is 44.0 Å². The number of ketones is 1. The van der Waals surface area contributed by atoms with Crippen LogP contribution in [-0.4, -0.2) is 36.1 Å². The van der Waals surface area contributed by atoms with E-state index in [9.17, 15) is 26.4 Å². The molecule has 1 aliphatic heterocycles. The summed E-state index contributed by atoms with van der Waals surface area (Å²) in [6.07, 6.45) is -2.88. The Hall–Kier alpha value is -1.79. The first kappa shape index (κ1) is 25.3. The molecule has 5 nitrogen and oxygen atoms in total. The van der Waals surface area contributed by atoms with E-state index in [1.54, 1.807) is 0 Å². The third kappa shape index (κ3) is 5.23. The number of aromatic nitrogens is 1. The molecule has 0 saturated carbocycles. The standard InChI is InChI=1S/C22H20ClF3N2O3S3/c1-13-21(14-4-6-15(7-5-14)22(24,25)26)27-19(32-13)10-8-17(29)16-3-2-12-28(16)34(30,31)20-11-9-18(23)33-20/h4-7,9,11,16H,2-3,8,10,12H2,1H3/t16-/m0/s1. The van der Waals surface area contributed by atoms with Gasteiger partial charge in [0.15, 0.2) is 5.78 Å². The quantitative estimate of drug-likeness (QED) is 0.352. The normalized spacial score (nSPS) is 17.4. The molecule has 0 spiro atoms. The SMILES string of the molecule is Cc1sc(CCC(=O)[C@@H]2CCCN2S(=O)(=O)c2ccc(Cl)s2)nc1-c1ccc(C(F)(F)F)cc1. The van der Waals surface area contributed by atoms with Gasteiger partial charge in [-0.3, -0.25) is 4.79 Å².